The zero-order chi connectivity index (χ0) is 13.8. The molecule has 0 aromatic heterocycles. The molecule has 1 atom stereocenters. The summed E-state index contributed by atoms with van der Waals surface area (Å²) in [6.45, 7) is 2.43. The van der Waals surface area contributed by atoms with Gasteiger partial charge in [0, 0.05) is 22.9 Å². The molecule has 0 aliphatic heterocycles. The number of nitrogens with one attached hydrogen (secondary N) is 1. The van der Waals surface area contributed by atoms with Crippen molar-refractivity contribution in [1.29, 1.82) is 0 Å². The molecule has 0 heterocycles. The second-order valence-electron chi connectivity index (χ2n) is 4.77. The van der Waals surface area contributed by atoms with Gasteiger partial charge in [-0.25, -0.2) is 0 Å². The Morgan fingerprint density at radius 1 is 1.26 bits per heavy atom. The monoisotopic (exact) mass is 258 g/mol. The highest BCUT2D eigenvalue weighted by atomic mass is 16.3. The first-order valence-electron chi connectivity index (χ1n) is 6.32. The van der Waals surface area contributed by atoms with Crippen LogP contribution in [0.1, 0.15) is 13.3 Å². The van der Waals surface area contributed by atoms with Gasteiger partial charge in [0.05, 0.1) is 0 Å². The molecule has 0 saturated carbocycles. The van der Waals surface area contributed by atoms with Crippen molar-refractivity contribution in [2.75, 3.05) is 11.9 Å². The van der Waals surface area contributed by atoms with E-state index in [1.165, 1.54) is 0 Å². The molecule has 0 aliphatic carbocycles. The lowest BCUT2D eigenvalue weighted by Crippen LogP contribution is -2.20. The molecule has 0 saturated heterocycles. The van der Waals surface area contributed by atoms with Gasteiger partial charge in [-0.05, 0) is 24.6 Å². The molecule has 100 valence electrons. The van der Waals surface area contributed by atoms with Gasteiger partial charge in [-0.2, -0.15) is 0 Å². The molecule has 0 aliphatic rings. The fraction of sp³-hybridized carbons (Fsp3) is 0.267. The first kappa shape index (κ1) is 13.4. The van der Waals surface area contributed by atoms with Gasteiger partial charge >= 0.3 is 0 Å². The molecule has 2 aromatic carbocycles. The van der Waals surface area contributed by atoms with Crippen LogP contribution in [-0.4, -0.2) is 17.6 Å². The predicted molar refractivity (Wildman–Crippen MR) is 77.1 cm³/mol. The molecule has 1 amide bonds. The van der Waals surface area contributed by atoms with Gasteiger partial charge < -0.3 is 16.2 Å². The summed E-state index contributed by atoms with van der Waals surface area (Å²) in [6, 6.07) is 10.7. The number of fused-ring (bicyclic) bond motifs is 1. The molecule has 19 heavy (non-hydrogen) atoms. The average molecular weight is 258 g/mol. The Hall–Kier alpha value is -2.07. The lowest BCUT2D eigenvalue weighted by molar-refractivity contribution is -0.116. The quantitative estimate of drug-likeness (QED) is 0.788. The largest absolute Gasteiger partial charge is 0.507 e. The number of hydrogen-bond donors (Lipinski definition) is 3. The SMILES string of the molecule is CC(CN)CC(=O)Nc1cccc2c(O)cccc12. The Balaban J connectivity index is 2.26. The maximum Gasteiger partial charge on any atom is 0.224 e. The Morgan fingerprint density at radius 2 is 1.95 bits per heavy atom. The van der Waals surface area contributed by atoms with E-state index in [9.17, 15) is 9.90 Å². The summed E-state index contributed by atoms with van der Waals surface area (Å²) in [7, 11) is 0. The fourth-order valence-electron chi connectivity index (χ4n) is 2.00. The molecule has 0 radical (unpaired) electrons. The first-order valence-corrected chi connectivity index (χ1v) is 6.32. The third-order valence-corrected chi connectivity index (χ3v) is 3.11. The Morgan fingerprint density at radius 3 is 2.68 bits per heavy atom. The fourth-order valence-corrected chi connectivity index (χ4v) is 2.00. The second-order valence-corrected chi connectivity index (χ2v) is 4.77. The van der Waals surface area contributed by atoms with Gasteiger partial charge in [0.15, 0.2) is 0 Å². The molecule has 2 aromatic rings. The van der Waals surface area contributed by atoms with E-state index in [-0.39, 0.29) is 17.6 Å². The third-order valence-electron chi connectivity index (χ3n) is 3.11. The van der Waals surface area contributed by atoms with Crippen molar-refractivity contribution in [3.8, 4) is 5.75 Å². The minimum Gasteiger partial charge on any atom is -0.507 e. The average Bonchev–Trinajstić information content (AvgIpc) is 2.39. The van der Waals surface area contributed by atoms with Crippen molar-refractivity contribution in [2.45, 2.75) is 13.3 Å². The molecule has 4 heteroatoms. The van der Waals surface area contributed by atoms with Crippen LogP contribution in [0, 0.1) is 5.92 Å². The number of aromatic hydroxyl groups is 1. The highest BCUT2D eigenvalue weighted by molar-refractivity contribution is 6.03. The van der Waals surface area contributed by atoms with Crippen molar-refractivity contribution in [1.82, 2.24) is 0 Å². The summed E-state index contributed by atoms with van der Waals surface area (Å²) in [5.74, 6) is 0.307. The number of phenolic OH excluding ortho intramolecular Hbond substituents is 1. The van der Waals surface area contributed by atoms with Crippen molar-refractivity contribution < 1.29 is 9.90 Å². The number of phenols is 1. The van der Waals surface area contributed by atoms with Crippen molar-refractivity contribution in [3.05, 3.63) is 36.4 Å². The van der Waals surface area contributed by atoms with Crippen molar-refractivity contribution in [3.63, 3.8) is 0 Å². The smallest absolute Gasteiger partial charge is 0.224 e. The molecule has 0 bridgehead atoms. The van der Waals surface area contributed by atoms with Crippen LogP contribution in [0.4, 0.5) is 5.69 Å². The number of benzene rings is 2. The highest BCUT2D eigenvalue weighted by Gasteiger charge is 2.10. The maximum atomic E-state index is 11.9. The normalized spacial score (nSPS) is 12.3. The van der Waals surface area contributed by atoms with Crippen LogP contribution in [0.3, 0.4) is 0 Å². The molecule has 0 spiro atoms. The van der Waals surface area contributed by atoms with E-state index in [0.29, 0.717) is 18.7 Å². The third kappa shape index (κ3) is 3.03. The number of nitrogens with two attached hydrogens (primary N) is 1. The molecule has 4 N–H and O–H groups in total. The van der Waals surface area contributed by atoms with E-state index < -0.39 is 0 Å². The number of anilines is 1. The Bertz CT molecular complexity index is 596. The van der Waals surface area contributed by atoms with Gasteiger partial charge in [0.2, 0.25) is 5.91 Å². The summed E-state index contributed by atoms with van der Waals surface area (Å²) in [6.07, 6.45) is 0.395. The molecular formula is C15H18N2O2. The summed E-state index contributed by atoms with van der Waals surface area (Å²) >= 11 is 0. The first-order chi connectivity index (χ1) is 9.11. The summed E-state index contributed by atoms with van der Waals surface area (Å²) in [5.41, 5.74) is 6.22. The van der Waals surface area contributed by atoms with E-state index >= 15 is 0 Å². The minimum absolute atomic E-state index is 0.0613. The molecule has 4 nitrogen and oxygen atoms in total. The van der Waals surface area contributed by atoms with Crippen LogP contribution in [0.25, 0.3) is 10.8 Å². The number of carbonyl (C=O) groups is 1. The highest BCUT2D eigenvalue weighted by Crippen LogP contribution is 2.29. The van der Waals surface area contributed by atoms with Crippen LogP contribution in [0.2, 0.25) is 0 Å². The van der Waals surface area contributed by atoms with E-state index in [2.05, 4.69) is 5.32 Å². The van der Waals surface area contributed by atoms with Crippen LogP contribution in [0.15, 0.2) is 36.4 Å². The van der Waals surface area contributed by atoms with E-state index in [4.69, 9.17) is 5.73 Å². The lowest BCUT2D eigenvalue weighted by atomic mass is 10.1. The maximum absolute atomic E-state index is 11.9. The van der Waals surface area contributed by atoms with Crippen LogP contribution in [0.5, 0.6) is 5.75 Å². The van der Waals surface area contributed by atoms with Crippen LogP contribution in [-0.2, 0) is 4.79 Å². The van der Waals surface area contributed by atoms with Gasteiger partial charge in [-0.1, -0.05) is 31.2 Å². The number of rotatable bonds is 4. The zero-order valence-electron chi connectivity index (χ0n) is 10.9. The minimum atomic E-state index is -0.0613. The topological polar surface area (TPSA) is 75.4 Å². The van der Waals surface area contributed by atoms with Crippen molar-refractivity contribution >= 4 is 22.4 Å². The summed E-state index contributed by atoms with van der Waals surface area (Å²) in [4.78, 5) is 11.9. The van der Waals surface area contributed by atoms with Gasteiger partial charge in [-0.3, -0.25) is 4.79 Å². The van der Waals surface area contributed by atoms with Gasteiger partial charge in [0.1, 0.15) is 5.75 Å². The summed E-state index contributed by atoms with van der Waals surface area (Å²) < 4.78 is 0. The van der Waals surface area contributed by atoms with Gasteiger partial charge in [0.25, 0.3) is 0 Å². The number of amides is 1. The molecule has 0 fully saturated rings. The van der Waals surface area contributed by atoms with E-state index in [0.717, 1.165) is 10.8 Å². The zero-order valence-corrected chi connectivity index (χ0v) is 10.9. The number of carbonyl (C=O) groups excluding carboxylic acids is 1. The molecule has 1 unspecified atom stereocenters. The van der Waals surface area contributed by atoms with Crippen molar-refractivity contribution in [2.24, 2.45) is 11.7 Å². The summed E-state index contributed by atoms with van der Waals surface area (Å²) in [5, 5.41) is 14.2. The standard InChI is InChI=1S/C15H18N2O2/c1-10(9-16)8-15(19)17-13-6-2-5-12-11(13)4-3-7-14(12)18/h2-7,10,18H,8-9,16H2,1H3,(H,17,19). The van der Waals surface area contributed by atoms with E-state index in [1.54, 1.807) is 12.1 Å². The van der Waals surface area contributed by atoms with Gasteiger partial charge in [-0.15, -0.1) is 0 Å². The second kappa shape index (κ2) is 5.71. The predicted octanol–water partition coefficient (Wildman–Crippen LogP) is 2.47. The molecular weight excluding hydrogens is 240 g/mol. The molecule has 2 rings (SSSR count). The van der Waals surface area contributed by atoms with E-state index in [1.807, 2.05) is 31.2 Å². The van der Waals surface area contributed by atoms with Crippen LogP contribution < -0.4 is 11.1 Å². The lowest BCUT2D eigenvalue weighted by Gasteiger charge is -2.11. The Labute approximate surface area is 112 Å². The Kier molecular flexibility index (Phi) is 4.02. The number of hydrogen-bond acceptors (Lipinski definition) is 3. The van der Waals surface area contributed by atoms with Crippen LogP contribution >= 0.6 is 0 Å².